The molecule has 0 saturated heterocycles. The average Bonchev–Trinajstić information content (AvgIpc) is 2.48. The van der Waals surface area contributed by atoms with Gasteiger partial charge < -0.3 is 20.3 Å². The minimum Gasteiger partial charge on any atom is -0.494 e. The Kier molecular flexibility index (Phi) is 8.36. The first kappa shape index (κ1) is 18.3. The van der Waals surface area contributed by atoms with Crippen molar-refractivity contribution in [2.45, 2.75) is 26.8 Å². The van der Waals surface area contributed by atoms with Crippen LogP contribution in [0.15, 0.2) is 23.2 Å². The molecule has 0 aliphatic rings. The summed E-state index contributed by atoms with van der Waals surface area (Å²) in [5.41, 5.74) is 2.35. The molecule has 0 fully saturated rings. The summed E-state index contributed by atoms with van der Waals surface area (Å²) in [6, 6.07) is 6.28. The normalized spacial score (nSPS) is 11.6. The molecule has 0 atom stereocenters. The number of ether oxygens (including phenoxy) is 1. The molecule has 1 aromatic carbocycles. The average molecular weight is 306 g/mol. The highest BCUT2D eigenvalue weighted by Crippen LogP contribution is 2.20. The van der Waals surface area contributed by atoms with Crippen molar-refractivity contribution in [2.75, 3.05) is 40.8 Å². The van der Waals surface area contributed by atoms with Gasteiger partial charge in [-0.15, -0.1) is 0 Å². The highest BCUT2D eigenvalue weighted by Gasteiger charge is 2.05. The second kappa shape index (κ2) is 10.1. The summed E-state index contributed by atoms with van der Waals surface area (Å²) in [5, 5.41) is 6.67. The second-order valence-corrected chi connectivity index (χ2v) is 5.55. The van der Waals surface area contributed by atoms with Gasteiger partial charge in [0, 0.05) is 25.7 Å². The molecule has 0 aliphatic heterocycles. The van der Waals surface area contributed by atoms with Gasteiger partial charge in [0.1, 0.15) is 5.75 Å². The minimum absolute atomic E-state index is 0.675. The van der Waals surface area contributed by atoms with E-state index in [1.165, 1.54) is 5.56 Å². The minimum atomic E-state index is 0.675. The molecule has 0 spiro atoms. The van der Waals surface area contributed by atoms with E-state index < -0.39 is 0 Å². The summed E-state index contributed by atoms with van der Waals surface area (Å²) in [6.07, 6.45) is 1.09. The van der Waals surface area contributed by atoms with Gasteiger partial charge in [0.2, 0.25) is 0 Å². The van der Waals surface area contributed by atoms with Crippen molar-refractivity contribution in [3.63, 3.8) is 0 Å². The molecule has 5 nitrogen and oxygen atoms in total. The number of aryl methyl sites for hydroxylation is 1. The van der Waals surface area contributed by atoms with E-state index in [0.29, 0.717) is 13.2 Å². The molecule has 2 N–H and O–H groups in total. The molecular formula is C17H30N4O. The molecule has 22 heavy (non-hydrogen) atoms. The molecule has 1 rings (SSSR count). The van der Waals surface area contributed by atoms with E-state index in [-0.39, 0.29) is 0 Å². The van der Waals surface area contributed by atoms with Crippen LogP contribution in [0.5, 0.6) is 5.75 Å². The van der Waals surface area contributed by atoms with Crippen LogP contribution in [-0.4, -0.2) is 51.7 Å². The lowest BCUT2D eigenvalue weighted by Crippen LogP contribution is -2.38. The number of nitrogens with one attached hydrogen (secondary N) is 2. The second-order valence-electron chi connectivity index (χ2n) is 5.55. The summed E-state index contributed by atoms with van der Waals surface area (Å²) in [4.78, 5) is 6.43. The molecule has 0 saturated carbocycles. The maximum atomic E-state index is 5.70. The molecule has 0 amide bonds. The van der Waals surface area contributed by atoms with Gasteiger partial charge in [-0.3, -0.25) is 4.99 Å². The fraction of sp³-hybridized carbons (Fsp3) is 0.588. The summed E-state index contributed by atoms with van der Waals surface area (Å²) < 4.78 is 5.70. The first-order valence-electron chi connectivity index (χ1n) is 7.88. The Bertz CT molecular complexity index is 472. The summed E-state index contributed by atoms with van der Waals surface area (Å²) in [7, 11) is 5.96. The topological polar surface area (TPSA) is 48.9 Å². The first-order valence-corrected chi connectivity index (χ1v) is 7.88. The third kappa shape index (κ3) is 6.80. The number of rotatable bonds is 8. The Labute approximate surface area is 134 Å². The molecule has 1 aromatic rings. The van der Waals surface area contributed by atoms with Crippen molar-refractivity contribution in [1.29, 1.82) is 0 Å². The molecule has 5 heteroatoms. The number of guanidine groups is 1. The van der Waals surface area contributed by atoms with Crippen LogP contribution in [0.25, 0.3) is 0 Å². The molecule has 124 valence electrons. The quantitative estimate of drug-likeness (QED) is 0.438. The van der Waals surface area contributed by atoms with Gasteiger partial charge in [0.25, 0.3) is 0 Å². The summed E-state index contributed by atoms with van der Waals surface area (Å²) in [6.45, 7) is 7.42. The van der Waals surface area contributed by atoms with Crippen LogP contribution in [0.2, 0.25) is 0 Å². The Morgan fingerprint density at radius 2 is 2.05 bits per heavy atom. The maximum absolute atomic E-state index is 5.70. The predicted octanol–water partition coefficient (Wildman–Crippen LogP) is 2.01. The van der Waals surface area contributed by atoms with Crippen LogP contribution in [0.4, 0.5) is 0 Å². The van der Waals surface area contributed by atoms with E-state index in [2.05, 4.69) is 59.7 Å². The first-order chi connectivity index (χ1) is 10.6. The van der Waals surface area contributed by atoms with Crippen LogP contribution in [-0.2, 0) is 6.54 Å². The number of hydrogen-bond donors (Lipinski definition) is 2. The van der Waals surface area contributed by atoms with E-state index in [9.17, 15) is 0 Å². The van der Waals surface area contributed by atoms with Gasteiger partial charge in [0.15, 0.2) is 5.96 Å². The maximum Gasteiger partial charge on any atom is 0.191 e. The van der Waals surface area contributed by atoms with Gasteiger partial charge in [-0.05, 0) is 52.5 Å². The third-order valence-electron chi connectivity index (χ3n) is 3.27. The fourth-order valence-corrected chi connectivity index (χ4v) is 2.10. The van der Waals surface area contributed by atoms with Gasteiger partial charge in [-0.2, -0.15) is 0 Å². The Morgan fingerprint density at radius 1 is 1.27 bits per heavy atom. The van der Waals surface area contributed by atoms with Crippen LogP contribution in [0.1, 0.15) is 24.5 Å². The molecule has 0 heterocycles. The Balaban J connectivity index is 2.49. The Morgan fingerprint density at radius 3 is 2.68 bits per heavy atom. The smallest absolute Gasteiger partial charge is 0.191 e. The zero-order chi connectivity index (χ0) is 16.4. The van der Waals surface area contributed by atoms with Crippen LogP contribution >= 0.6 is 0 Å². The van der Waals surface area contributed by atoms with Crippen molar-refractivity contribution in [2.24, 2.45) is 4.99 Å². The lowest BCUT2D eigenvalue weighted by atomic mass is 10.1. The highest BCUT2D eigenvalue weighted by molar-refractivity contribution is 5.79. The standard InChI is InChI=1S/C17H30N4O/c1-6-22-16-12-14(2)8-9-15(16)13-20-17(18-3)19-10-7-11-21(4)5/h8-9,12H,6-7,10-11,13H2,1-5H3,(H2,18,19,20). The van der Waals surface area contributed by atoms with E-state index in [1.807, 2.05) is 6.92 Å². The zero-order valence-corrected chi connectivity index (χ0v) is 14.6. The van der Waals surface area contributed by atoms with Gasteiger partial charge >= 0.3 is 0 Å². The number of hydrogen-bond acceptors (Lipinski definition) is 3. The third-order valence-corrected chi connectivity index (χ3v) is 3.27. The van der Waals surface area contributed by atoms with Gasteiger partial charge in [-0.1, -0.05) is 12.1 Å². The summed E-state index contributed by atoms with van der Waals surface area (Å²) in [5.74, 6) is 1.76. The van der Waals surface area contributed by atoms with Crippen LogP contribution < -0.4 is 15.4 Å². The van der Waals surface area contributed by atoms with Gasteiger partial charge in [-0.25, -0.2) is 0 Å². The molecule has 0 bridgehead atoms. The number of benzene rings is 1. The van der Waals surface area contributed by atoms with Crippen LogP contribution in [0, 0.1) is 6.92 Å². The van der Waals surface area contributed by atoms with Crippen molar-refractivity contribution >= 4 is 5.96 Å². The molecule has 0 aliphatic carbocycles. The molecule has 0 aromatic heterocycles. The monoisotopic (exact) mass is 306 g/mol. The van der Waals surface area contributed by atoms with Crippen LogP contribution in [0.3, 0.4) is 0 Å². The lowest BCUT2D eigenvalue weighted by Gasteiger charge is -2.15. The zero-order valence-electron chi connectivity index (χ0n) is 14.6. The largest absolute Gasteiger partial charge is 0.494 e. The van der Waals surface area contributed by atoms with E-state index in [4.69, 9.17) is 4.74 Å². The molecule has 0 radical (unpaired) electrons. The molecular weight excluding hydrogens is 276 g/mol. The lowest BCUT2D eigenvalue weighted by molar-refractivity contribution is 0.336. The van der Waals surface area contributed by atoms with Crippen molar-refractivity contribution < 1.29 is 4.74 Å². The van der Waals surface area contributed by atoms with E-state index in [0.717, 1.165) is 36.8 Å². The van der Waals surface area contributed by atoms with Gasteiger partial charge in [0.05, 0.1) is 6.61 Å². The van der Waals surface area contributed by atoms with E-state index >= 15 is 0 Å². The Hall–Kier alpha value is -1.75. The predicted molar refractivity (Wildman–Crippen MR) is 93.7 cm³/mol. The van der Waals surface area contributed by atoms with Crippen molar-refractivity contribution in [1.82, 2.24) is 15.5 Å². The number of aliphatic imine (C=N–C) groups is 1. The SMILES string of the molecule is CCOc1cc(C)ccc1CNC(=NC)NCCCN(C)C. The fourth-order valence-electron chi connectivity index (χ4n) is 2.10. The van der Waals surface area contributed by atoms with Crippen molar-refractivity contribution in [3.8, 4) is 5.75 Å². The number of nitrogens with zero attached hydrogens (tertiary/aromatic N) is 2. The molecule has 0 unspecified atom stereocenters. The van der Waals surface area contributed by atoms with Crippen molar-refractivity contribution in [3.05, 3.63) is 29.3 Å². The highest BCUT2D eigenvalue weighted by atomic mass is 16.5. The van der Waals surface area contributed by atoms with E-state index in [1.54, 1.807) is 7.05 Å². The summed E-state index contributed by atoms with van der Waals surface area (Å²) >= 11 is 0.